The minimum absolute atomic E-state index is 0.0181. The molecule has 2 unspecified atom stereocenters. The third kappa shape index (κ3) is 5.38. The largest absolute Gasteiger partial charge is 0.391 e. The Kier molecular flexibility index (Phi) is 6.10. The van der Waals surface area contributed by atoms with Crippen molar-refractivity contribution in [3.05, 3.63) is 0 Å². The van der Waals surface area contributed by atoms with Gasteiger partial charge in [-0.15, -0.1) is 0 Å². The summed E-state index contributed by atoms with van der Waals surface area (Å²) >= 11 is 0. The quantitative estimate of drug-likeness (QED) is 0.813. The normalized spacial score (nSPS) is 25.9. The molecule has 0 bridgehead atoms. The Morgan fingerprint density at radius 2 is 2.11 bits per heavy atom. The zero-order valence-corrected chi connectivity index (χ0v) is 11.3. The van der Waals surface area contributed by atoms with Gasteiger partial charge >= 0.3 is 6.18 Å². The van der Waals surface area contributed by atoms with Gasteiger partial charge in [-0.3, -0.25) is 4.79 Å². The van der Waals surface area contributed by atoms with Crippen LogP contribution in [0.15, 0.2) is 0 Å². The molecule has 0 aromatic heterocycles. The number of hydrogen-bond acceptors (Lipinski definition) is 2. The minimum Gasteiger partial charge on any atom is -0.352 e. The van der Waals surface area contributed by atoms with Gasteiger partial charge in [-0.1, -0.05) is 26.2 Å². The first-order valence-electron chi connectivity index (χ1n) is 6.97. The van der Waals surface area contributed by atoms with Gasteiger partial charge in [0.15, 0.2) is 0 Å². The molecule has 1 fully saturated rings. The Labute approximate surface area is 112 Å². The predicted molar refractivity (Wildman–Crippen MR) is 67.4 cm³/mol. The van der Waals surface area contributed by atoms with Gasteiger partial charge in [-0.25, -0.2) is 0 Å². The summed E-state index contributed by atoms with van der Waals surface area (Å²) in [6.45, 7) is 2.00. The number of nitrogens with two attached hydrogens (primary N) is 1. The summed E-state index contributed by atoms with van der Waals surface area (Å²) in [6.07, 6.45) is -0.526. The average Bonchev–Trinajstić information content (AvgIpc) is 2.35. The van der Waals surface area contributed by atoms with Crippen molar-refractivity contribution in [2.24, 2.45) is 11.7 Å². The SMILES string of the molecule is CCCC[C@H](N)C(=O)NC1CCCC(C(F)(F)F)C1. The van der Waals surface area contributed by atoms with Gasteiger partial charge in [-0.05, 0) is 25.7 Å². The van der Waals surface area contributed by atoms with Crippen LogP contribution in [0, 0.1) is 5.92 Å². The van der Waals surface area contributed by atoms with E-state index in [4.69, 9.17) is 5.73 Å². The summed E-state index contributed by atoms with van der Waals surface area (Å²) in [5.74, 6) is -1.61. The highest BCUT2D eigenvalue weighted by Gasteiger charge is 2.42. The first-order valence-corrected chi connectivity index (χ1v) is 6.97. The lowest BCUT2D eigenvalue weighted by Crippen LogP contribution is -2.48. The van der Waals surface area contributed by atoms with E-state index in [2.05, 4.69) is 5.32 Å². The lowest BCUT2D eigenvalue weighted by molar-refractivity contribution is -0.184. The van der Waals surface area contributed by atoms with Gasteiger partial charge in [0.25, 0.3) is 0 Å². The van der Waals surface area contributed by atoms with Crippen molar-refractivity contribution in [2.45, 2.75) is 70.1 Å². The summed E-state index contributed by atoms with van der Waals surface area (Å²) in [4.78, 5) is 11.8. The van der Waals surface area contributed by atoms with Crippen molar-refractivity contribution < 1.29 is 18.0 Å². The van der Waals surface area contributed by atoms with E-state index in [1.807, 2.05) is 6.92 Å². The van der Waals surface area contributed by atoms with E-state index in [0.717, 1.165) is 12.8 Å². The second-order valence-corrected chi connectivity index (χ2v) is 5.36. The van der Waals surface area contributed by atoms with Gasteiger partial charge in [0.2, 0.25) is 5.91 Å². The van der Waals surface area contributed by atoms with Gasteiger partial charge in [0.05, 0.1) is 12.0 Å². The average molecular weight is 280 g/mol. The van der Waals surface area contributed by atoms with Crippen molar-refractivity contribution in [3.8, 4) is 0 Å². The maximum atomic E-state index is 12.6. The highest BCUT2D eigenvalue weighted by Crippen LogP contribution is 2.37. The molecular weight excluding hydrogens is 257 g/mol. The number of rotatable bonds is 5. The molecule has 0 saturated heterocycles. The molecule has 0 aliphatic heterocycles. The molecule has 0 spiro atoms. The topological polar surface area (TPSA) is 55.1 Å². The fourth-order valence-corrected chi connectivity index (χ4v) is 2.48. The molecule has 1 amide bonds. The molecule has 3 atom stereocenters. The van der Waals surface area contributed by atoms with Gasteiger partial charge in [0.1, 0.15) is 0 Å². The van der Waals surface area contributed by atoms with E-state index in [0.29, 0.717) is 19.3 Å². The molecule has 1 saturated carbocycles. The molecule has 19 heavy (non-hydrogen) atoms. The number of unbranched alkanes of at least 4 members (excludes halogenated alkanes) is 1. The van der Waals surface area contributed by atoms with Gasteiger partial charge in [0, 0.05) is 6.04 Å². The van der Waals surface area contributed by atoms with Crippen LogP contribution < -0.4 is 11.1 Å². The molecule has 1 aliphatic carbocycles. The van der Waals surface area contributed by atoms with Crippen LogP contribution >= 0.6 is 0 Å². The standard InChI is InChI=1S/C13H23F3N2O/c1-2-3-7-11(17)12(19)18-10-6-4-5-9(8-10)13(14,15)16/h9-11H,2-8,17H2,1H3,(H,18,19)/t9?,10?,11-/m0/s1. The van der Waals surface area contributed by atoms with Crippen molar-refractivity contribution in [1.82, 2.24) is 5.32 Å². The van der Waals surface area contributed by atoms with Crippen LogP contribution in [0.2, 0.25) is 0 Å². The lowest BCUT2D eigenvalue weighted by Gasteiger charge is -2.31. The number of alkyl halides is 3. The van der Waals surface area contributed by atoms with Crippen molar-refractivity contribution in [1.29, 1.82) is 0 Å². The van der Waals surface area contributed by atoms with Crippen LogP contribution in [0.5, 0.6) is 0 Å². The Morgan fingerprint density at radius 3 is 2.68 bits per heavy atom. The first-order chi connectivity index (χ1) is 8.84. The molecule has 0 aromatic carbocycles. The highest BCUT2D eigenvalue weighted by molar-refractivity contribution is 5.81. The van der Waals surface area contributed by atoms with Crippen LogP contribution in [-0.4, -0.2) is 24.2 Å². The molecule has 3 N–H and O–H groups in total. The highest BCUT2D eigenvalue weighted by atomic mass is 19.4. The Balaban J connectivity index is 2.42. The molecule has 0 heterocycles. The third-order valence-corrected chi connectivity index (χ3v) is 3.69. The fraction of sp³-hybridized carbons (Fsp3) is 0.923. The second kappa shape index (κ2) is 7.12. The second-order valence-electron chi connectivity index (χ2n) is 5.36. The number of nitrogens with one attached hydrogen (secondary N) is 1. The number of hydrogen-bond donors (Lipinski definition) is 2. The molecule has 0 radical (unpaired) electrons. The van der Waals surface area contributed by atoms with E-state index in [9.17, 15) is 18.0 Å². The van der Waals surface area contributed by atoms with E-state index < -0.39 is 18.1 Å². The summed E-state index contributed by atoms with van der Waals surface area (Å²) in [7, 11) is 0. The van der Waals surface area contributed by atoms with Crippen molar-refractivity contribution >= 4 is 5.91 Å². The van der Waals surface area contributed by atoms with Crippen LogP contribution in [0.3, 0.4) is 0 Å². The maximum Gasteiger partial charge on any atom is 0.391 e. The maximum absolute atomic E-state index is 12.6. The van der Waals surface area contributed by atoms with Gasteiger partial charge in [-0.2, -0.15) is 13.2 Å². The summed E-state index contributed by atoms with van der Waals surface area (Å²) in [6, 6.07) is -0.994. The summed E-state index contributed by atoms with van der Waals surface area (Å²) < 4.78 is 37.9. The predicted octanol–water partition coefficient (Wildman–Crippen LogP) is 2.74. The Hall–Kier alpha value is -0.780. The Bertz CT molecular complexity index is 294. The minimum atomic E-state index is -4.16. The number of carbonyl (C=O) groups is 1. The van der Waals surface area contributed by atoms with E-state index in [1.165, 1.54) is 0 Å². The number of carbonyl (C=O) groups excluding carboxylic acids is 1. The van der Waals surface area contributed by atoms with Crippen LogP contribution in [0.4, 0.5) is 13.2 Å². The van der Waals surface area contributed by atoms with Crippen LogP contribution in [0.1, 0.15) is 51.9 Å². The molecule has 112 valence electrons. The molecule has 1 rings (SSSR count). The van der Waals surface area contributed by atoms with Crippen LogP contribution in [-0.2, 0) is 4.79 Å². The molecule has 6 heteroatoms. The lowest BCUT2D eigenvalue weighted by atomic mass is 9.85. The molecular formula is C13H23F3N2O. The molecule has 3 nitrogen and oxygen atoms in total. The molecule has 1 aliphatic rings. The molecule has 0 aromatic rings. The van der Waals surface area contributed by atoms with Crippen LogP contribution in [0.25, 0.3) is 0 Å². The Morgan fingerprint density at radius 1 is 1.42 bits per heavy atom. The van der Waals surface area contributed by atoms with E-state index in [-0.39, 0.29) is 24.8 Å². The monoisotopic (exact) mass is 280 g/mol. The van der Waals surface area contributed by atoms with Gasteiger partial charge < -0.3 is 11.1 Å². The smallest absolute Gasteiger partial charge is 0.352 e. The van der Waals surface area contributed by atoms with E-state index >= 15 is 0 Å². The van der Waals surface area contributed by atoms with Crippen molar-refractivity contribution in [3.63, 3.8) is 0 Å². The zero-order valence-electron chi connectivity index (χ0n) is 11.3. The summed E-state index contributed by atoms with van der Waals surface area (Å²) in [5, 5.41) is 2.67. The number of halogens is 3. The number of amides is 1. The van der Waals surface area contributed by atoms with E-state index in [1.54, 1.807) is 0 Å². The van der Waals surface area contributed by atoms with Crippen molar-refractivity contribution in [2.75, 3.05) is 0 Å². The first kappa shape index (κ1) is 16.3. The summed E-state index contributed by atoms with van der Waals surface area (Å²) in [5.41, 5.74) is 5.71. The third-order valence-electron chi connectivity index (χ3n) is 3.69. The zero-order chi connectivity index (χ0) is 14.5. The fourth-order valence-electron chi connectivity index (χ4n) is 2.48.